The number of morpholine rings is 1. The molecule has 0 N–H and O–H groups in total. The van der Waals surface area contributed by atoms with E-state index in [-0.39, 0.29) is 11.7 Å². The third kappa shape index (κ3) is 3.90. The Bertz CT molecular complexity index is 454. The highest BCUT2D eigenvalue weighted by Gasteiger charge is 2.37. The molecule has 1 saturated carbocycles. The predicted octanol–water partition coefficient (Wildman–Crippen LogP) is 2.93. The van der Waals surface area contributed by atoms with Crippen LogP contribution in [0, 0.1) is 0 Å². The van der Waals surface area contributed by atoms with Gasteiger partial charge in [-0.3, -0.25) is 9.69 Å². The van der Waals surface area contributed by atoms with Gasteiger partial charge in [-0.1, -0.05) is 6.08 Å². The van der Waals surface area contributed by atoms with Gasteiger partial charge in [0, 0.05) is 24.8 Å². The van der Waals surface area contributed by atoms with Gasteiger partial charge in [0.25, 0.3) is 0 Å². The molecule has 1 saturated heterocycles. The van der Waals surface area contributed by atoms with Crippen molar-refractivity contribution in [1.29, 1.82) is 0 Å². The number of carbonyl (C=O) groups is 1. The summed E-state index contributed by atoms with van der Waals surface area (Å²) in [5.74, 6) is 0.292. The van der Waals surface area contributed by atoms with Crippen LogP contribution in [-0.2, 0) is 9.53 Å². The molecule has 4 nitrogen and oxygen atoms in total. The monoisotopic (exact) mass is 306 g/mol. The maximum atomic E-state index is 12.9. The predicted molar refractivity (Wildman–Crippen MR) is 87.5 cm³/mol. The van der Waals surface area contributed by atoms with E-state index in [2.05, 4.69) is 36.6 Å². The lowest BCUT2D eigenvalue weighted by atomic mass is 10.0. The number of allylic oxidation sites excluding steroid dienone is 2. The summed E-state index contributed by atoms with van der Waals surface area (Å²) in [7, 11) is 0. The number of nitrogens with zero attached hydrogens (tertiary/aromatic N) is 2. The molecule has 0 bridgehead atoms. The Morgan fingerprint density at radius 3 is 2.77 bits per heavy atom. The lowest BCUT2D eigenvalue weighted by Gasteiger charge is -2.42. The van der Waals surface area contributed by atoms with Crippen LogP contribution in [-0.4, -0.2) is 53.1 Å². The second kappa shape index (κ2) is 6.32. The highest BCUT2D eigenvalue weighted by atomic mass is 16.5. The Morgan fingerprint density at radius 2 is 2.18 bits per heavy atom. The van der Waals surface area contributed by atoms with Gasteiger partial charge in [0.1, 0.15) is 0 Å². The van der Waals surface area contributed by atoms with Crippen molar-refractivity contribution in [2.45, 2.75) is 77.0 Å². The maximum Gasteiger partial charge on any atom is 0.241 e. The maximum absolute atomic E-state index is 12.9. The number of hydrogen-bond donors (Lipinski definition) is 0. The molecule has 1 aliphatic heterocycles. The SMILES string of the molecule is C[C@H]1CN(CC(=O)N(C2=CCCCC2)C2CC2)CC(C)(C)O1. The summed E-state index contributed by atoms with van der Waals surface area (Å²) in [6, 6.07) is 0.475. The minimum atomic E-state index is -0.160. The molecule has 1 heterocycles. The van der Waals surface area contributed by atoms with Crippen molar-refractivity contribution in [1.82, 2.24) is 9.80 Å². The zero-order chi connectivity index (χ0) is 15.7. The lowest BCUT2D eigenvalue weighted by Crippen LogP contribution is -2.54. The molecule has 0 unspecified atom stereocenters. The third-order valence-corrected chi connectivity index (χ3v) is 4.76. The first kappa shape index (κ1) is 16.0. The van der Waals surface area contributed by atoms with Gasteiger partial charge in [0.2, 0.25) is 5.91 Å². The molecular weight excluding hydrogens is 276 g/mol. The molecule has 4 heteroatoms. The molecule has 1 atom stereocenters. The van der Waals surface area contributed by atoms with Crippen molar-refractivity contribution in [2.24, 2.45) is 0 Å². The largest absolute Gasteiger partial charge is 0.370 e. The van der Waals surface area contributed by atoms with Crippen LogP contribution in [0.15, 0.2) is 11.8 Å². The topological polar surface area (TPSA) is 32.8 Å². The minimum Gasteiger partial charge on any atom is -0.370 e. The summed E-state index contributed by atoms with van der Waals surface area (Å²) in [6.07, 6.45) is 9.55. The quantitative estimate of drug-likeness (QED) is 0.800. The Hall–Kier alpha value is -0.870. The minimum absolute atomic E-state index is 0.160. The molecule has 124 valence electrons. The fourth-order valence-corrected chi connectivity index (χ4v) is 3.94. The number of carbonyl (C=O) groups excluding carboxylic acids is 1. The molecule has 0 aromatic carbocycles. The van der Waals surface area contributed by atoms with Gasteiger partial charge in [-0.05, 0) is 59.3 Å². The Labute approximate surface area is 134 Å². The van der Waals surface area contributed by atoms with Crippen LogP contribution in [0.4, 0.5) is 0 Å². The Balaban J connectivity index is 1.65. The van der Waals surface area contributed by atoms with Crippen LogP contribution >= 0.6 is 0 Å². The van der Waals surface area contributed by atoms with Crippen LogP contribution < -0.4 is 0 Å². The van der Waals surface area contributed by atoms with E-state index in [1.54, 1.807) is 0 Å². The van der Waals surface area contributed by atoms with Gasteiger partial charge in [0.15, 0.2) is 0 Å². The number of ether oxygens (including phenoxy) is 1. The second-order valence-electron chi connectivity index (χ2n) is 7.79. The first-order chi connectivity index (χ1) is 10.4. The van der Waals surface area contributed by atoms with Gasteiger partial charge >= 0.3 is 0 Å². The fraction of sp³-hybridized carbons (Fsp3) is 0.833. The van der Waals surface area contributed by atoms with E-state index < -0.39 is 0 Å². The molecular formula is C18H30N2O2. The summed E-state index contributed by atoms with van der Waals surface area (Å²) in [5, 5.41) is 0. The third-order valence-electron chi connectivity index (χ3n) is 4.76. The van der Waals surface area contributed by atoms with E-state index in [9.17, 15) is 4.79 Å². The van der Waals surface area contributed by atoms with Gasteiger partial charge in [0.05, 0.1) is 18.2 Å². The van der Waals surface area contributed by atoms with Crippen molar-refractivity contribution in [3.8, 4) is 0 Å². The highest BCUT2D eigenvalue weighted by Crippen LogP contribution is 2.34. The Morgan fingerprint density at radius 1 is 1.41 bits per heavy atom. The summed E-state index contributed by atoms with van der Waals surface area (Å²) in [4.78, 5) is 17.3. The number of rotatable bonds is 4. The van der Waals surface area contributed by atoms with Gasteiger partial charge in [-0.25, -0.2) is 0 Å². The van der Waals surface area contributed by atoms with Crippen LogP contribution in [0.5, 0.6) is 0 Å². The van der Waals surface area contributed by atoms with Crippen molar-refractivity contribution in [3.05, 3.63) is 11.8 Å². The molecule has 2 fully saturated rings. The van der Waals surface area contributed by atoms with Crippen LogP contribution in [0.1, 0.15) is 59.3 Å². The van der Waals surface area contributed by atoms with E-state index in [4.69, 9.17) is 4.74 Å². The zero-order valence-electron chi connectivity index (χ0n) is 14.3. The second-order valence-corrected chi connectivity index (χ2v) is 7.79. The average Bonchev–Trinajstić information content (AvgIpc) is 3.22. The summed E-state index contributed by atoms with van der Waals surface area (Å²) < 4.78 is 5.94. The van der Waals surface area contributed by atoms with Gasteiger partial charge in [-0.2, -0.15) is 0 Å². The molecule has 0 radical (unpaired) electrons. The lowest BCUT2D eigenvalue weighted by molar-refractivity contribution is -0.144. The summed E-state index contributed by atoms with van der Waals surface area (Å²) >= 11 is 0. The number of amides is 1. The van der Waals surface area contributed by atoms with Crippen molar-refractivity contribution in [2.75, 3.05) is 19.6 Å². The van der Waals surface area contributed by atoms with Crippen LogP contribution in [0.25, 0.3) is 0 Å². The summed E-state index contributed by atoms with van der Waals surface area (Å²) in [5.41, 5.74) is 1.13. The average molecular weight is 306 g/mol. The van der Waals surface area contributed by atoms with E-state index in [1.165, 1.54) is 31.4 Å². The number of hydrogen-bond acceptors (Lipinski definition) is 3. The van der Waals surface area contributed by atoms with E-state index in [0.29, 0.717) is 18.5 Å². The molecule has 2 aliphatic carbocycles. The molecule has 0 aromatic heterocycles. The first-order valence-electron chi connectivity index (χ1n) is 8.86. The van der Waals surface area contributed by atoms with Crippen LogP contribution in [0.2, 0.25) is 0 Å². The first-order valence-corrected chi connectivity index (χ1v) is 8.86. The molecule has 1 amide bonds. The molecule has 22 heavy (non-hydrogen) atoms. The molecule has 3 aliphatic rings. The molecule has 3 rings (SSSR count). The fourth-order valence-electron chi connectivity index (χ4n) is 3.94. The van der Waals surface area contributed by atoms with E-state index in [1.807, 2.05) is 0 Å². The van der Waals surface area contributed by atoms with Crippen LogP contribution in [0.3, 0.4) is 0 Å². The smallest absolute Gasteiger partial charge is 0.241 e. The van der Waals surface area contributed by atoms with Crippen molar-refractivity contribution in [3.63, 3.8) is 0 Å². The highest BCUT2D eigenvalue weighted by molar-refractivity contribution is 5.81. The van der Waals surface area contributed by atoms with E-state index in [0.717, 1.165) is 25.9 Å². The van der Waals surface area contributed by atoms with Gasteiger partial charge < -0.3 is 9.64 Å². The normalized spacial score (nSPS) is 29.0. The molecule has 0 aromatic rings. The van der Waals surface area contributed by atoms with E-state index >= 15 is 0 Å². The summed E-state index contributed by atoms with van der Waals surface area (Å²) in [6.45, 7) is 8.55. The Kier molecular flexibility index (Phi) is 4.60. The zero-order valence-corrected chi connectivity index (χ0v) is 14.3. The van der Waals surface area contributed by atoms with Gasteiger partial charge in [-0.15, -0.1) is 0 Å². The molecule has 0 spiro atoms. The standard InChI is InChI=1S/C18H30N2O2/c1-14-11-19(13-18(2,3)22-14)12-17(21)20(16-9-10-16)15-7-5-4-6-8-15/h7,14,16H,4-6,8-13H2,1-3H3/t14-/m0/s1. The van der Waals surface area contributed by atoms with Crippen molar-refractivity contribution >= 4 is 5.91 Å². The van der Waals surface area contributed by atoms with Crippen molar-refractivity contribution < 1.29 is 9.53 Å².